The molecule has 2 rings (SSSR count). The summed E-state index contributed by atoms with van der Waals surface area (Å²) in [7, 11) is 1.57. The fraction of sp³-hybridized carbons (Fsp3) is 0.353. The van der Waals surface area contributed by atoms with Crippen molar-refractivity contribution in [2.75, 3.05) is 7.05 Å². The summed E-state index contributed by atoms with van der Waals surface area (Å²) in [5.74, 6) is 1.45. The molecule has 21 heavy (non-hydrogen) atoms. The lowest BCUT2D eigenvalue weighted by Gasteiger charge is -2.19. The van der Waals surface area contributed by atoms with Gasteiger partial charge in [0.25, 0.3) is 5.91 Å². The van der Waals surface area contributed by atoms with Crippen molar-refractivity contribution in [3.05, 3.63) is 53.5 Å². The van der Waals surface area contributed by atoms with Gasteiger partial charge in [0.2, 0.25) is 0 Å². The summed E-state index contributed by atoms with van der Waals surface area (Å²) in [6, 6.07) is 11.4. The van der Waals surface area contributed by atoms with E-state index in [0.29, 0.717) is 18.1 Å². The molecule has 0 atom stereocenters. The molecule has 0 saturated carbocycles. The Balaban J connectivity index is 1.97. The number of nitrogens with one attached hydrogen (secondary N) is 1. The van der Waals surface area contributed by atoms with Crippen molar-refractivity contribution in [1.82, 2.24) is 5.32 Å². The standard InChI is InChI=1S/C17H21NO3/c1-17(2,3)12-5-7-13(8-6-12)20-11-14-9-10-15(21-14)16(19)18-4/h5-10H,11H2,1-4H3,(H,18,19). The van der Waals surface area contributed by atoms with Crippen LogP contribution in [-0.2, 0) is 12.0 Å². The Hall–Kier alpha value is -2.23. The van der Waals surface area contributed by atoms with E-state index in [1.54, 1.807) is 19.2 Å². The molecule has 0 spiro atoms. The normalized spacial score (nSPS) is 11.2. The summed E-state index contributed by atoms with van der Waals surface area (Å²) in [6.45, 7) is 6.82. The topological polar surface area (TPSA) is 51.5 Å². The second kappa shape index (κ2) is 6.04. The van der Waals surface area contributed by atoms with E-state index in [9.17, 15) is 4.79 Å². The number of ether oxygens (including phenoxy) is 1. The third-order valence-corrected chi connectivity index (χ3v) is 3.21. The van der Waals surface area contributed by atoms with Crippen LogP contribution in [0.5, 0.6) is 5.75 Å². The molecule has 0 radical (unpaired) electrons. The quantitative estimate of drug-likeness (QED) is 0.936. The first-order valence-electron chi connectivity index (χ1n) is 6.94. The van der Waals surface area contributed by atoms with Crippen LogP contribution in [0.1, 0.15) is 42.6 Å². The van der Waals surface area contributed by atoms with Crippen LogP contribution in [0.3, 0.4) is 0 Å². The first-order chi connectivity index (χ1) is 9.90. The van der Waals surface area contributed by atoms with Crippen molar-refractivity contribution in [3.8, 4) is 5.75 Å². The Morgan fingerprint density at radius 3 is 2.38 bits per heavy atom. The predicted octanol–water partition coefficient (Wildman–Crippen LogP) is 3.52. The van der Waals surface area contributed by atoms with Gasteiger partial charge in [-0.25, -0.2) is 0 Å². The molecule has 1 aromatic heterocycles. The zero-order valence-corrected chi connectivity index (χ0v) is 12.9. The van der Waals surface area contributed by atoms with Gasteiger partial charge in [0.05, 0.1) is 0 Å². The lowest BCUT2D eigenvalue weighted by molar-refractivity contribution is 0.0931. The third kappa shape index (κ3) is 3.88. The molecule has 1 N–H and O–H groups in total. The number of benzene rings is 1. The van der Waals surface area contributed by atoms with Crippen molar-refractivity contribution >= 4 is 5.91 Å². The molecule has 0 aliphatic carbocycles. The van der Waals surface area contributed by atoms with Crippen LogP contribution in [0.25, 0.3) is 0 Å². The van der Waals surface area contributed by atoms with Gasteiger partial charge in [0.1, 0.15) is 18.1 Å². The summed E-state index contributed by atoms with van der Waals surface area (Å²) in [5, 5.41) is 2.52. The fourth-order valence-corrected chi connectivity index (χ4v) is 1.91. The van der Waals surface area contributed by atoms with Crippen LogP contribution in [0.2, 0.25) is 0 Å². The molecule has 1 amide bonds. The highest BCUT2D eigenvalue weighted by atomic mass is 16.5. The average Bonchev–Trinajstić information content (AvgIpc) is 2.92. The van der Waals surface area contributed by atoms with Gasteiger partial charge < -0.3 is 14.5 Å². The molecule has 0 aliphatic heterocycles. The minimum absolute atomic E-state index is 0.127. The Labute approximate surface area is 125 Å². The van der Waals surface area contributed by atoms with Crippen molar-refractivity contribution in [1.29, 1.82) is 0 Å². The lowest BCUT2D eigenvalue weighted by atomic mass is 9.87. The molecule has 112 valence electrons. The van der Waals surface area contributed by atoms with Crippen LogP contribution in [0.4, 0.5) is 0 Å². The van der Waals surface area contributed by atoms with E-state index in [4.69, 9.17) is 9.15 Å². The summed E-state index contributed by atoms with van der Waals surface area (Å²) in [4.78, 5) is 11.4. The minimum Gasteiger partial charge on any atom is -0.486 e. The highest BCUT2D eigenvalue weighted by Crippen LogP contribution is 2.24. The fourth-order valence-electron chi connectivity index (χ4n) is 1.91. The van der Waals surface area contributed by atoms with E-state index >= 15 is 0 Å². The SMILES string of the molecule is CNC(=O)c1ccc(COc2ccc(C(C)(C)C)cc2)o1. The van der Waals surface area contributed by atoms with Crippen molar-refractivity contribution in [2.45, 2.75) is 32.8 Å². The Morgan fingerprint density at radius 1 is 1.14 bits per heavy atom. The molecule has 4 heteroatoms. The summed E-state index contributed by atoms with van der Waals surface area (Å²) < 4.78 is 11.1. The van der Waals surface area contributed by atoms with Gasteiger partial charge in [0, 0.05) is 7.05 Å². The van der Waals surface area contributed by atoms with E-state index in [1.165, 1.54) is 5.56 Å². The van der Waals surface area contributed by atoms with Gasteiger partial charge >= 0.3 is 0 Å². The van der Waals surface area contributed by atoms with Crippen molar-refractivity contribution in [3.63, 3.8) is 0 Å². The Bertz CT molecular complexity index is 606. The first-order valence-corrected chi connectivity index (χ1v) is 6.94. The number of carbonyl (C=O) groups is 1. The Kier molecular flexibility index (Phi) is 4.36. The number of furan rings is 1. The van der Waals surface area contributed by atoms with Gasteiger partial charge in [-0.15, -0.1) is 0 Å². The number of hydrogen-bond acceptors (Lipinski definition) is 3. The lowest BCUT2D eigenvalue weighted by Crippen LogP contribution is -2.16. The summed E-state index contributed by atoms with van der Waals surface area (Å²) in [6.07, 6.45) is 0. The van der Waals surface area contributed by atoms with E-state index in [0.717, 1.165) is 5.75 Å². The highest BCUT2D eigenvalue weighted by molar-refractivity contribution is 5.91. The monoisotopic (exact) mass is 287 g/mol. The first kappa shape index (κ1) is 15.2. The molecular formula is C17H21NO3. The van der Waals surface area contributed by atoms with Gasteiger partial charge in [-0.1, -0.05) is 32.9 Å². The van der Waals surface area contributed by atoms with E-state index in [1.807, 2.05) is 12.1 Å². The smallest absolute Gasteiger partial charge is 0.286 e. The second-order valence-electron chi connectivity index (χ2n) is 5.91. The van der Waals surface area contributed by atoms with E-state index in [2.05, 4.69) is 38.2 Å². The molecular weight excluding hydrogens is 266 g/mol. The van der Waals surface area contributed by atoms with Crippen LogP contribution < -0.4 is 10.1 Å². The molecule has 0 unspecified atom stereocenters. The van der Waals surface area contributed by atoms with Gasteiger partial charge in [-0.3, -0.25) is 4.79 Å². The number of hydrogen-bond donors (Lipinski definition) is 1. The van der Waals surface area contributed by atoms with E-state index in [-0.39, 0.29) is 11.3 Å². The average molecular weight is 287 g/mol. The third-order valence-electron chi connectivity index (χ3n) is 3.21. The van der Waals surface area contributed by atoms with Gasteiger partial charge in [-0.2, -0.15) is 0 Å². The van der Waals surface area contributed by atoms with Crippen molar-refractivity contribution < 1.29 is 13.9 Å². The predicted molar refractivity (Wildman–Crippen MR) is 81.6 cm³/mol. The molecule has 0 aliphatic rings. The number of carbonyl (C=O) groups excluding carboxylic acids is 1. The molecule has 4 nitrogen and oxygen atoms in total. The maximum atomic E-state index is 11.4. The van der Waals surface area contributed by atoms with Crippen LogP contribution in [0, 0.1) is 0 Å². The summed E-state index contributed by atoms with van der Waals surface area (Å²) in [5.41, 5.74) is 1.39. The van der Waals surface area contributed by atoms with Crippen LogP contribution >= 0.6 is 0 Å². The molecule has 1 aromatic carbocycles. The molecule has 0 bridgehead atoms. The van der Waals surface area contributed by atoms with Gasteiger partial charge in [-0.05, 0) is 35.2 Å². The Morgan fingerprint density at radius 2 is 1.81 bits per heavy atom. The zero-order valence-electron chi connectivity index (χ0n) is 12.9. The highest BCUT2D eigenvalue weighted by Gasteiger charge is 2.13. The largest absolute Gasteiger partial charge is 0.486 e. The van der Waals surface area contributed by atoms with E-state index < -0.39 is 0 Å². The summed E-state index contributed by atoms with van der Waals surface area (Å²) >= 11 is 0. The van der Waals surface area contributed by atoms with Crippen molar-refractivity contribution in [2.24, 2.45) is 0 Å². The molecule has 2 aromatic rings. The maximum Gasteiger partial charge on any atom is 0.286 e. The molecule has 1 heterocycles. The van der Waals surface area contributed by atoms with Gasteiger partial charge in [0.15, 0.2) is 5.76 Å². The maximum absolute atomic E-state index is 11.4. The zero-order chi connectivity index (χ0) is 15.5. The van der Waals surface area contributed by atoms with Crippen LogP contribution in [-0.4, -0.2) is 13.0 Å². The minimum atomic E-state index is -0.240. The molecule has 0 fully saturated rings. The van der Waals surface area contributed by atoms with Crippen LogP contribution in [0.15, 0.2) is 40.8 Å². The molecule has 0 saturated heterocycles. The second-order valence-corrected chi connectivity index (χ2v) is 5.91. The number of rotatable bonds is 4. The number of amides is 1.